The van der Waals surface area contributed by atoms with Crippen LogP contribution in [0.15, 0.2) is 47.5 Å². The Bertz CT molecular complexity index is 613. The van der Waals surface area contributed by atoms with E-state index < -0.39 is 11.9 Å². The second-order valence-electron chi connectivity index (χ2n) is 4.41. The summed E-state index contributed by atoms with van der Waals surface area (Å²) < 4.78 is 38.1. The molecule has 2 aromatic rings. The summed E-state index contributed by atoms with van der Waals surface area (Å²) in [6.45, 7) is 0.206. The van der Waals surface area contributed by atoms with Crippen LogP contribution in [0.3, 0.4) is 0 Å². The third-order valence-corrected chi connectivity index (χ3v) is 3.69. The van der Waals surface area contributed by atoms with E-state index in [9.17, 15) is 18.0 Å². The number of alkyl halides is 3. The Balaban J connectivity index is 1.71. The van der Waals surface area contributed by atoms with E-state index in [0.717, 1.165) is 21.8 Å². The lowest BCUT2D eigenvalue weighted by atomic mass is 10.4. The van der Waals surface area contributed by atoms with Crippen molar-refractivity contribution in [1.82, 2.24) is 15.1 Å². The van der Waals surface area contributed by atoms with Gasteiger partial charge in [0.1, 0.15) is 6.54 Å². The molecule has 2 rings (SSSR count). The van der Waals surface area contributed by atoms with Gasteiger partial charge in [-0.2, -0.15) is 18.3 Å². The van der Waals surface area contributed by atoms with Crippen molar-refractivity contribution >= 4 is 17.7 Å². The molecule has 0 spiro atoms. The van der Waals surface area contributed by atoms with Crippen LogP contribution in [-0.4, -0.2) is 28.0 Å². The third kappa shape index (κ3) is 5.10. The Morgan fingerprint density at radius 3 is 2.59 bits per heavy atom. The van der Waals surface area contributed by atoms with E-state index in [2.05, 4.69) is 10.4 Å². The molecule has 4 nitrogen and oxygen atoms in total. The standard InChI is InChI=1S/C14H14F3N3OS/c15-14(16,17)12-6-8-20(19-12)10-13(21)18-7-9-22-11-4-2-1-3-5-11/h1-6,8H,7,9-10H2,(H,18,21). The Morgan fingerprint density at radius 2 is 1.95 bits per heavy atom. The Morgan fingerprint density at radius 1 is 1.23 bits per heavy atom. The summed E-state index contributed by atoms with van der Waals surface area (Å²) in [6, 6.07) is 10.6. The van der Waals surface area contributed by atoms with Crippen LogP contribution in [0.4, 0.5) is 13.2 Å². The van der Waals surface area contributed by atoms with E-state index in [1.165, 1.54) is 0 Å². The van der Waals surface area contributed by atoms with Gasteiger partial charge in [-0.3, -0.25) is 9.48 Å². The van der Waals surface area contributed by atoms with Crippen molar-refractivity contribution in [2.75, 3.05) is 12.3 Å². The minimum Gasteiger partial charge on any atom is -0.354 e. The van der Waals surface area contributed by atoms with Crippen LogP contribution in [0.25, 0.3) is 0 Å². The predicted octanol–water partition coefficient (Wildman–Crippen LogP) is 2.81. The number of nitrogens with zero attached hydrogens (tertiary/aromatic N) is 2. The molecule has 1 aromatic heterocycles. The fourth-order valence-corrected chi connectivity index (χ4v) is 2.47. The summed E-state index contributed by atoms with van der Waals surface area (Å²) in [6.07, 6.45) is -3.35. The topological polar surface area (TPSA) is 46.9 Å². The van der Waals surface area contributed by atoms with E-state index in [1.807, 2.05) is 30.3 Å². The SMILES string of the molecule is O=C(Cn1ccc(C(F)(F)F)n1)NCCSc1ccccc1. The molecule has 0 saturated carbocycles. The monoisotopic (exact) mass is 329 g/mol. The zero-order valence-corrected chi connectivity index (χ0v) is 12.3. The maximum absolute atomic E-state index is 12.4. The number of aromatic nitrogens is 2. The number of amides is 1. The highest BCUT2D eigenvalue weighted by Crippen LogP contribution is 2.27. The molecule has 0 saturated heterocycles. The first-order valence-electron chi connectivity index (χ1n) is 6.50. The molecule has 8 heteroatoms. The van der Waals surface area contributed by atoms with Crippen LogP contribution in [0.1, 0.15) is 5.69 Å². The van der Waals surface area contributed by atoms with Crippen molar-refractivity contribution < 1.29 is 18.0 Å². The molecule has 1 amide bonds. The number of halogens is 3. The summed E-state index contributed by atoms with van der Waals surface area (Å²) >= 11 is 1.59. The van der Waals surface area contributed by atoms with Gasteiger partial charge in [-0.15, -0.1) is 11.8 Å². The van der Waals surface area contributed by atoms with Crippen LogP contribution in [0, 0.1) is 0 Å². The van der Waals surface area contributed by atoms with Crippen LogP contribution in [0.5, 0.6) is 0 Å². The minimum atomic E-state index is -4.49. The van der Waals surface area contributed by atoms with Crippen molar-refractivity contribution in [2.45, 2.75) is 17.6 Å². The van der Waals surface area contributed by atoms with Crippen molar-refractivity contribution in [2.24, 2.45) is 0 Å². The van der Waals surface area contributed by atoms with Crippen LogP contribution < -0.4 is 5.32 Å². The highest BCUT2D eigenvalue weighted by molar-refractivity contribution is 7.99. The van der Waals surface area contributed by atoms with Gasteiger partial charge >= 0.3 is 6.18 Å². The molecule has 118 valence electrons. The van der Waals surface area contributed by atoms with E-state index in [-0.39, 0.29) is 12.5 Å². The van der Waals surface area contributed by atoms with Gasteiger partial charge in [-0.25, -0.2) is 0 Å². The van der Waals surface area contributed by atoms with E-state index >= 15 is 0 Å². The van der Waals surface area contributed by atoms with Gasteiger partial charge in [0, 0.05) is 23.4 Å². The highest BCUT2D eigenvalue weighted by Gasteiger charge is 2.33. The number of nitrogens with one attached hydrogen (secondary N) is 1. The molecule has 0 radical (unpaired) electrons. The number of rotatable bonds is 6. The number of carbonyl (C=O) groups is 1. The Labute approximate surface area is 129 Å². The summed E-state index contributed by atoms with van der Waals surface area (Å²) in [5, 5.41) is 5.97. The first kappa shape index (κ1) is 16.4. The predicted molar refractivity (Wildman–Crippen MR) is 77.4 cm³/mol. The molecule has 0 aliphatic heterocycles. The number of hydrogen-bond donors (Lipinski definition) is 1. The van der Waals surface area contributed by atoms with Crippen LogP contribution in [-0.2, 0) is 17.5 Å². The number of carbonyl (C=O) groups excluding carboxylic acids is 1. The second kappa shape index (κ2) is 7.35. The van der Waals surface area contributed by atoms with Crippen LogP contribution in [0.2, 0.25) is 0 Å². The van der Waals surface area contributed by atoms with E-state index in [4.69, 9.17) is 0 Å². The summed E-state index contributed by atoms with van der Waals surface area (Å²) in [7, 11) is 0. The third-order valence-electron chi connectivity index (χ3n) is 2.67. The lowest BCUT2D eigenvalue weighted by Gasteiger charge is -2.06. The molecular weight excluding hydrogens is 315 g/mol. The van der Waals surface area contributed by atoms with Crippen molar-refractivity contribution in [3.8, 4) is 0 Å². The number of hydrogen-bond acceptors (Lipinski definition) is 3. The zero-order valence-electron chi connectivity index (χ0n) is 11.5. The molecular formula is C14H14F3N3OS. The fourth-order valence-electron chi connectivity index (χ4n) is 1.68. The number of benzene rings is 1. The zero-order chi connectivity index (χ0) is 16.0. The molecule has 0 atom stereocenters. The quantitative estimate of drug-likeness (QED) is 0.655. The van der Waals surface area contributed by atoms with Crippen LogP contribution >= 0.6 is 11.8 Å². The van der Waals surface area contributed by atoms with E-state index in [1.54, 1.807) is 11.8 Å². The average Bonchev–Trinajstić information content (AvgIpc) is 2.93. The Kier molecular flexibility index (Phi) is 5.48. The van der Waals surface area contributed by atoms with Crippen molar-refractivity contribution in [3.05, 3.63) is 48.3 Å². The molecule has 0 bridgehead atoms. The highest BCUT2D eigenvalue weighted by atomic mass is 32.2. The Hall–Kier alpha value is -1.96. The number of thioether (sulfide) groups is 1. The minimum absolute atomic E-state index is 0.230. The molecule has 1 N–H and O–H groups in total. The molecule has 22 heavy (non-hydrogen) atoms. The van der Waals surface area contributed by atoms with E-state index in [0.29, 0.717) is 12.3 Å². The van der Waals surface area contributed by atoms with Gasteiger partial charge in [-0.05, 0) is 18.2 Å². The van der Waals surface area contributed by atoms with Gasteiger partial charge in [0.05, 0.1) is 0 Å². The first-order chi connectivity index (χ1) is 10.4. The van der Waals surface area contributed by atoms with Gasteiger partial charge < -0.3 is 5.32 Å². The maximum atomic E-state index is 12.4. The maximum Gasteiger partial charge on any atom is 0.435 e. The van der Waals surface area contributed by atoms with Crippen molar-refractivity contribution in [3.63, 3.8) is 0 Å². The molecule has 0 aliphatic carbocycles. The normalized spacial score (nSPS) is 11.4. The smallest absolute Gasteiger partial charge is 0.354 e. The molecule has 0 fully saturated rings. The van der Waals surface area contributed by atoms with Gasteiger partial charge in [0.25, 0.3) is 0 Å². The average molecular weight is 329 g/mol. The summed E-state index contributed by atoms with van der Waals surface area (Å²) in [4.78, 5) is 12.7. The summed E-state index contributed by atoms with van der Waals surface area (Å²) in [5.41, 5.74) is -1.00. The lowest BCUT2D eigenvalue weighted by molar-refractivity contribution is -0.141. The molecule has 0 aliphatic rings. The lowest BCUT2D eigenvalue weighted by Crippen LogP contribution is -2.29. The molecule has 1 heterocycles. The molecule has 1 aromatic carbocycles. The summed E-state index contributed by atoms with van der Waals surface area (Å²) in [5.74, 6) is 0.313. The fraction of sp³-hybridized carbons (Fsp3) is 0.286. The van der Waals surface area contributed by atoms with Gasteiger partial charge in [0.15, 0.2) is 5.69 Å². The molecule has 0 unspecified atom stereocenters. The van der Waals surface area contributed by atoms with Gasteiger partial charge in [-0.1, -0.05) is 18.2 Å². The second-order valence-corrected chi connectivity index (χ2v) is 5.58. The largest absolute Gasteiger partial charge is 0.435 e. The van der Waals surface area contributed by atoms with Crippen molar-refractivity contribution in [1.29, 1.82) is 0 Å². The van der Waals surface area contributed by atoms with Gasteiger partial charge in [0.2, 0.25) is 5.91 Å². The first-order valence-corrected chi connectivity index (χ1v) is 7.49.